The van der Waals surface area contributed by atoms with Gasteiger partial charge in [0.2, 0.25) is 19.7 Å². The predicted molar refractivity (Wildman–Crippen MR) is 246 cm³/mol. The number of aryl methyl sites for hydroxylation is 1. The van der Waals surface area contributed by atoms with Crippen molar-refractivity contribution in [3.63, 3.8) is 0 Å². The SMILES string of the molecule is CSc1ccc(Sc2ccc(Sc3ccc(S(=O)(=O)c4ccc(Oc5ccc(-c6ccc(Oc7ccc(S(=O)(=O)c8ccc(C)cc8)cc7)cc6)cc5)cc4)cc3)cc2)cc1. The van der Waals surface area contributed by atoms with Gasteiger partial charge in [0.15, 0.2) is 0 Å². The minimum absolute atomic E-state index is 0.183. The number of benzene rings is 8. The van der Waals surface area contributed by atoms with E-state index >= 15 is 0 Å². The fourth-order valence-electron chi connectivity index (χ4n) is 6.24. The van der Waals surface area contributed by atoms with E-state index in [4.69, 9.17) is 9.47 Å². The third-order valence-corrected chi connectivity index (χ3v) is 15.9. The first-order chi connectivity index (χ1) is 29.5. The standard InChI is InChI=1S/C50H38O6S5/c1-35-3-27-47(28-4-35)60(51,52)48-29-13-40(14-30-48)55-38-9-5-36(6-10-38)37-7-11-39(12-8-37)56-41-15-31-49(32-16-41)61(53,54)50-33-25-46(26-34-50)59-45-23-21-44(22-24-45)58-43-19-17-42(57-2)18-20-43/h3-34H,1-2H3. The molecule has 0 aromatic heterocycles. The van der Waals surface area contributed by atoms with Crippen LogP contribution < -0.4 is 9.47 Å². The monoisotopic (exact) mass is 894 g/mol. The van der Waals surface area contributed by atoms with Crippen LogP contribution in [0.1, 0.15) is 5.56 Å². The Balaban J connectivity index is 0.834. The zero-order chi connectivity index (χ0) is 42.4. The van der Waals surface area contributed by atoms with Gasteiger partial charge in [0.1, 0.15) is 23.0 Å². The third-order valence-electron chi connectivity index (χ3n) is 9.60. The molecule has 0 atom stereocenters. The van der Waals surface area contributed by atoms with Crippen molar-refractivity contribution in [2.75, 3.05) is 6.26 Å². The molecule has 0 fully saturated rings. The molecule has 0 aliphatic carbocycles. The molecule has 0 radical (unpaired) electrons. The van der Waals surface area contributed by atoms with Gasteiger partial charge in [-0.2, -0.15) is 0 Å². The largest absolute Gasteiger partial charge is 0.457 e. The summed E-state index contributed by atoms with van der Waals surface area (Å²) < 4.78 is 65.1. The van der Waals surface area contributed by atoms with Gasteiger partial charge in [-0.05, 0) is 182 Å². The highest BCUT2D eigenvalue weighted by atomic mass is 32.2. The van der Waals surface area contributed by atoms with Gasteiger partial charge in [-0.15, -0.1) is 11.8 Å². The summed E-state index contributed by atoms with van der Waals surface area (Å²) in [7, 11) is -7.36. The molecule has 8 aromatic rings. The van der Waals surface area contributed by atoms with Crippen molar-refractivity contribution in [2.45, 2.75) is 51.0 Å². The summed E-state index contributed by atoms with van der Waals surface area (Å²) in [6.07, 6.45) is 2.07. The van der Waals surface area contributed by atoms with E-state index in [1.807, 2.05) is 67.6 Å². The fraction of sp³-hybridized carbons (Fsp3) is 0.0400. The smallest absolute Gasteiger partial charge is 0.206 e. The average molecular weight is 895 g/mol. The topological polar surface area (TPSA) is 86.7 Å². The lowest BCUT2D eigenvalue weighted by molar-refractivity contribution is 0.481. The summed E-state index contributed by atoms with van der Waals surface area (Å²) in [5, 5.41) is 0. The number of sulfone groups is 2. The summed E-state index contributed by atoms with van der Waals surface area (Å²) in [4.78, 5) is 6.46. The minimum Gasteiger partial charge on any atom is -0.457 e. The number of ether oxygens (including phenoxy) is 2. The lowest BCUT2D eigenvalue weighted by Gasteiger charge is -2.10. The molecule has 61 heavy (non-hydrogen) atoms. The van der Waals surface area contributed by atoms with Gasteiger partial charge in [-0.3, -0.25) is 0 Å². The predicted octanol–water partition coefficient (Wildman–Crippen LogP) is 13.9. The van der Waals surface area contributed by atoms with Crippen LogP contribution in [0.4, 0.5) is 0 Å². The van der Waals surface area contributed by atoms with Crippen molar-refractivity contribution in [1.82, 2.24) is 0 Å². The highest BCUT2D eigenvalue weighted by molar-refractivity contribution is 8.00. The molecule has 8 rings (SSSR count). The molecule has 0 aliphatic rings. The first-order valence-electron chi connectivity index (χ1n) is 19.0. The molecule has 0 amide bonds. The Kier molecular flexibility index (Phi) is 12.8. The molecule has 0 unspecified atom stereocenters. The maximum absolute atomic E-state index is 13.5. The van der Waals surface area contributed by atoms with E-state index in [1.54, 1.807) is 120 Å². The Morgan fingerprint density at radius 1 is 0.328 bits per heavy atom. The van der Waals surface area contributed by atoms with Gasteiger partial charge in [0.05, 0.1) is 19.6 Å². The van der Waals surface area contributed by atoms with Crippen LogP contribution in [0.25, 0.3) is 11.1 Å². The highest BCUT2D eigenvalue weighted by Gasteiger charge is 2.19. The number of hydrogen-bond acceptors (Lipinski definition) is 9. The molecular weight excluding hydrogens is 857 g/mol. The molecule has 0 heterocycles. The Morgan fingerprint density at radius 2 is 0.574 bits per heavy atom. The molecule has 6 nitrogen and oxygen atoms in total. The summed E-state index contributed by atoms with van der Waals surface area (Å²) in [6, 6.07) is 58.7. The molecule has 11 heteroatoms. The quantitative estimate of drug-likeness (QED) is 0.0990. The van der Waals surface area contributed by atoms with Crippen LogP contribution in [-0.2, 0) is 19.7 Å². The Labute approximate surface area is 369 Å². The van der Waals surface area contributed by atoms with Crippen LogP contribution in [0.5, 0.6) is 23.0 Å². The maximum Gasteiger partial charge on any atom is 0.206 e. The number of hydrogen-bond donors (Lipinski definition) is 0. The van der Waals surface area contributed by atoms with Crippen molar-refractivity contribution in [3.8, 4) is 34.1 Å². The maximum atomic E-state index is 13.5. The van der Waals surface area contributed by atoms with E-state index in [0.717, 1.165) is 31.4 Å². The zero-order valence-corrected chi connectivity index (χ0v) is 37.0. The normalized spacial score (nSPS) is 11.6. The second-order valence-corrected chi connectivity index (χ2v) is 20.9. The second-order valence-electron chi connectivity index (χ2n) is 13.8. The van der Waals surface area contributed by atoms with Crippen molar-refractivity contribution >= 4 is 55.0 Å². The number of rotatable bonds is 14. The van der Waals surface area contributed by atoms with Gasteiger partial charge in [-0.25, -0.2) is 16.8 Å². The molecule has 0 bridgehead atoms. The van der Waals surface area contributed by atoms with Crippen molar-refractivity contribution in [3.05, 3.63) is 200 Å². The third kappa shape index (κ3) is 10.3. The molecule has 0 aliphatic heterocycles. The van der Waals surface area contributed by atoms with E-state index in [-0.39, 0.29) is 19.6 Å². The van der Waals surface area contributed by atoms with E-state index < -0.39 is 19.7 Å². The zero-order valence-electron chi connectivity index (χ0n) is 33.0. The first-order valence-corrected chi connectivity index (χ1v) is 24.9. The molecule has 8 aromatic carbocycles. The summed E-state index contributed by atoms with van der Waals surface area (Å²) in [6.45, 7) is 1.91. The van der Waals surface area contributed by atoms with Gasteiger partial charge >= 0.3 is 0 Å². The van der Waals surface area contributed by atoms with Crippen LogP contribution in [0, 0.1) is 6.92 Å². The van der Waals surface area contributed by atoms with Crippen LogP contribution in [-0.4, -0.2) is 23.1 Å². The molecule has 0 saturated carbocycles. The van der Waals surface area contributed by atoms with Gasteiger partial charge in [0, 0.05) is 24.5 Å². The van der Waals surface area contributed by atoms with Crippen LogP contribution in [0.3, 0.4) is 0 Å². The molecule has 0 spiro atoms. The van der Waals surface area contributed by atoms with Crippen molar-refractivity contribution in [2.24, 2.45) is 0 Å². The molecular formula is C50H38O6S5. The summed E-state index contributed by atoms with van der Waals surface area (Å²) in [5.41, 5.74) is 2.93. The number of thioether (sulfide) groups is 1. The van der Waals surface area contributed by atoms with E-state index in [9.17, 15) is 16.8 Å². The van der Waals surface area contributed by atoms with Crippen LogP contribution in [0.15, 0.2) is 238 Å². The lowest BCUT2D eigenvalue weighted by Crippen LogP contribution is -2.01. The van der Waals surface area contributed by atoms with Gasteiger partial charge in [0.25, 0.3) is 0 Å². The molecule has 0 N–H and O–H groups in total. The van der Waals surface area contributed by atoms with E-state index in [0.29, 0.717) is 23.0 Å². The Hall–Kier alpha value is -5.69. The van der Waals surface area contributed by atoms with Crippen molar-refractivity contribution < 1.29 is 26.3 Å². The lowest BCUT2D eigenvalue weighted by atomic mass is 10.1. The van der Waals surface area contributed by atoms with E-state index in [2.05, 4.69) is 54.8 Å². The highest BCUT2D eigenvalue weighted by Crippen LogP contribution is 2.35. The summed E-state index contributed by atoms with van der Waals surface area (Å²) >= 11 is 5.03. The first kappa shape index (κ1) is 42.0. The van der Waals surface area contributed by atoms with Crippen LogP contribution in [0.2, 0.25) is 0 Å². The van der Waals surface area contributed by atoms with Gasteiger partial charge in [-0.1, -0.05) is 65.5 Å². The van der Waals surface area contributed by atoms with Gasteiger partial charge < -0.3 is 9.47 Å². The summed E-state index contributed by atoms with van der Waals surface area (Å²) in [5.74, 6) is 2.25. The van der Waals surface area contributed by atoms with Crippen molar-refractivity contribution in [1.29, 1.82) is 0 Å². The Bertz CT molecular complexity index is 2960. The Morgan fingerprint density at radius 3 is 0.885 bits per heavy atom. The minimum atomic E-state index is -3.73. The molecule has 0 saturated heterocycles. The average Bonchev–Trinajstić information content (AvgIpc) is 3.29. The van der Waals surface area contributed by atoms with Crippen LogP contribution >= 0.6 is 35.3 Å². The fourth-order valence-corrected chi connectivity index (χ4v) is 10.8. The second kappa shape index (κ2) is 18.5. The molecule has 304 valence electrons. The van der Waals surface area contributed by atoms with E-state index in [1.165, 1.54) is 9.79 Å².